The Morgan fingerprint density at radius 2 is 1.96 bits per heavy atom. The fourth-order valence-corrected chi connectivity index (χ4v) is 2.82. The first kappa shape index (κ1) is 17.2. The summed E-state index contributed by atoms with van der Waals surface area (Å²) >= 11 is 0. The predicted molar refractivity (Wildman–Crippen MR) is 90.2 cm³/mol. The summed E-state index contributed by atoms with van der Waals surface area (Å²) in [4.78, 5) is 12.7. The molecule has 24 heavy (non-hydrogen) atoms. The zero-order chi connectivity index (χ0) is 17.2. The normalized spacial score (nSPS) is 26.1. The maximum absolute atomic E-state index is 12.7. The second-order valence-corrected chi connectivity index (χ2v) is 6.78. The van der Waals surface area contributed by atoms with Crippen LogP contribution in [0.2, 0.25) is 0 Å². The molecule has 2 aliphatic rings. The largest absolute Gasteiger partial charge is 0.490 e. The first-order chi connectivity index (χ1) is 11.4. The molecule has 0 spiro atoms. The van der Waals surface area contributed by atoms with Gasteiger partial charge < -0.3 is 18.8 Å². The molecular weight excluding hydrogens is 307 g/mol. The summed E-state index contributed by atoms with van der Waals surface area (Å²) in [6.07, 6.45) is 2.71. The van der Waals surface area contributed by atoms with Gasteiger partial charge in [-0.2, -0.15) is 0 Å². The third kappa shape index (κ3) is 3.27. The van der Waals surface area contributed by atoms with Crippen molar-refractivity contribution in [2.24, 2.45) is 0 Å². The lowest BCUT2D eigenvalue weighted by atomic mass is 9.75. The second kappa shape index (κ2) is 6.71. The van der Waals surface area contributed by atoms with Gasteiger partial charge in [-0.25, -0.2) is 4.79 Å². The standard InChI is InChI=1S/C18H23BO5/c1-17(2)18(3,16(20)22-13-14-7-5-4-6-8-14)24-19(23-17)15-9-11-21-12-10-15/h4-9H,10-13H2,1-3H3. The van der Waals surface area contributed by atoms with Crippen LogP contribution in [0.15, 0.2) is 41.9 Å². The third-order valence-corrected chi connectivity index (χ3v) is 4.80. The Hall–Kier alpha value is -1.63. The Kier molecular flexibility index (Phi) is 4.81. The highest BCUT2D eigenvalue weighted by Gasteiger charge is 2.60. The minimum absolute atomic E-state index is 0.218. The summed E-state index contributed by atoms with van der Waals surface area (Å²) in [6, 6.07) is 9.59. The summed E-state index contributed by atoms with van der Waals surface area (Å²) < 4.78 is 22.9. The maximum atomic E-state index is 12.7. The van der Waals surface area contributed by atoms with E-state index in [0.29, 0.717) is 13.2 Å². The number of benzene rings is 1. The SMILES string of the molecule is CC1(C)OB(C2=CCOCC2)OC1(C)C(=O)OCc1ccccc1. The first-order valence-electron chi connectivity index (χ1n) is 8.26. The molecule has 1 atom stereocenters. The van der Waals surface area contributed by atoms with Crippen molar-refractivity contribution in [2.75, 3.05) is 13.2 Å². The Bertz CT molecular complexity index is 628. The maximum Gasteiger partial charge on any atom is 0.490 e. The van der Waals surface area contributed by atoms with E-state index in [0.717, 1.165) is 17.5 Å². The third-order valence-electron chi connectivity index (χ3n) is 4.80. The smallest absolute Gasteiger partial charge is 0.459 e. The topological polar surface area (TPSA) is 54.0 Å². The molecule has 2 aliphatic heterocycles. The molecule has 0 aliphatic carbocycles. The second-order valence-electron chi connectivity index (χ2n) is 6.78. The van der Waals surface area contributed by atoms with Crippen LogP contribution in [-0.2, 0) is 30.2 Å². The molecule has 0 N–H and O–H groups in total. The summed E-state index contributed by atoms with van der Waals surface area (Å²) in [5.41, 5.74) is 0.0136. The fourth-order valence-electron chi connectivity index (χ4n) is 2.82. The molecule has 6 heteroatoms. The van der Waals surface area contributed by atoms with E-state index in [1.54, 1.807) is 6.92 Å². The molecule has 0 aromatic heterocycles. The Morgan fingerprint density at radius 3 is 2.62 bits per heavy atom. The zero-order valence-electron chi connectivity index (χ0n) is 14.4. The lowest BCUT2D eigenvalue weighted by Crippen LogP contribution is -2.52. The number of carbonyl (C=O) groups is 1. The molecule has 0 radical (unpaired) electrons. The molecule has 0 amide bonds. The van der Waals surface area contributed by atoms with E-state index in [1.807, 2.05) is 50.3 Å². The van der Waals surface area contributed by atoms with Crippen LogP contribution in [0.1, 0.15) is 32.8 Å². The Morgan fingerprint density at radius 1 is 1.21 bits per heavy atom. The zero-order valence-corrected chi connectivity index (χ0v) is 14.4. The molecule has 1 unspecified atom stereocenters. The van der Waals surface area contributed by atoms with E-state index < -0.39 is 24.3 Å². The molecule has 2 heterocycles. The first-order valence-corrected chi connectivity index (χ1v) is 8.26. The van der Waals surface area contributed by atoms with Gasteiger partial charge in [-0.15, -0.1) is 0 Å². The number of esters is 1. The van der Waals surface area contributed by atoms with Crippen LogP contribution < -0.4 is 0 Å². The van der Waals surface area contributed by atoms with Crippen molar-refractivity contribution in [1.29, 1.82) is 0 Å². The van der Waals surface area contributed by atoms with E-state index in [1.165, 1.54) is 0 Å². The number of ether oxygens (including phenoxy) is 2. The molecule has 5 nitrogen and oxygen atoms in total. The highest BCUT2D eigenvalue weighted by molar-refractivity contribution is 6.55. The molecule has 1 aromatic rings. The lowest BCUT2D eigenvalue weighted by molar-refractivity contribution is -0.169. The van der Waals surface area contributed by atoms with Gasteiger partial charge in [0.25, 0.3) is 0 Å². The average Bonchev–Trinajstić information content (AvgIpc) is 2.85. The van der Waals surface area contributed by atoms with Crippen LogP contribution in [0.3, 0.4) is 0 Å². The van der Waals surface area contributed by atoms with E-state index in [2.05, 4.69) is 0 Å². The summed E-state index contributed by atoms with van der Waals surface area (Å²) in [6.45, 7) is 6.86. The summed E-state index contributed by atoms with van der Waals surface area (Å²) in [5.74, 6) is -0.411. The van der Waals surface area contributed by atoms with Crippen LogP contribution in [0, 0.1) is 0 Å². The van der Waals surface area contributed by atoms with Gasteiger partial charge in [0.2, 0.25) is 0 Å². The Labute approximate surface area is 143 Å². The van der Waals surface area contributed by atoms with Crippen molar-refractivity contribution >= 4 is 13.1 Å². The molecular formula is C18H23BO5. The highest BCUT2D eigenvalue weighted by Crippen LogP contribution is 2.40. The van der Waals surface area contributed by atoms with Gasteiger partial charge in [-0.05, 0) is 38.2 Å². The van der Waals surface area contributed by atoms with E-state index >= 15 is 0 Å². The average molecular weight is 330 g/mol. The molecule has 0 saturated carbocycles. The van der Waals surface area contributed by atoms with E-state index in [9.17, 15) is 4.79 Å². The van der Waals surface area contributed by atoms with Gasteiger partial charge in [0.1, 0.15) is 6.61 Å². The van der Waals surface area contributed by atoms with Gasteiger partial charge in [-0.3, -0.25) is 0 Å². The predicted octanol–water partition coefficient (Wildman–Crippen LogP) is 2.69. The van der Waals surface area contributed by atoms with E-state index in [4.69, 9.17) is 18.8 Å². The van der Waals surface area contributed by atoms with Crippen molar-refractivity contribution in [2.45, 2.75) is 45.0 Å². The van der Waals surface area contributed by atoms with Crippen molar-refractivity contribution in [3.63, 3.8) is 0 Å². The van der Waals surface area contributed by atoms with Crippen molar-refractivity contribution < 1.29 is 23.6 Å². The van der Waals surface area contributed by atoms with Crippen molar-refractivity contribution in [1.82, 2.24) is 0 Å². The molecule has 0 bridgehead atoms. The molecule has 1 aromatic carbocycles. The monoisotopic (exact) mass is 330 g/mol. The van der Waals surface area contributed by atoms with Gasteiger partial charge in [0.15, 0.2) is 5.60 Å². The van der Waals surface area contributed by atoms with Crippen molar-refractivity contribution in [3.05, 3.63) is 47.4 Å². The summed E-state index contributed by atoms with van der Waals surface area (Å²) in [5, 5.41) is 0. The minimum Gasteiger partial charge on any atom is -0.459 e. The minimum atomic E-state index is -1.16. The van der Waals surface area contributed by atoms with Gasteiger partial charge in [0.05, 0.1) is 18.8 Å². The van der Waals surface area contributed by atoms with Crippen LogP contribution >= 0.6 is 0 Å². The fraction of sp³-hybridized carbons (Fsp3) is 0.500. The molecule has 1 fully saturated rings. The number of hydrogen-bond donors (Lipinski definition) is 0. The molecule has 128 valence electrons. The summed E-state index contributed by atoms with van der Waals surface area (Å²) in [7, 11) is -0.529. The lowest BCUT2D eigenvalue weighted by Gasteiger charge is -2.33. The Balaban J connectivity index is 1.70. The number of rotatable bonds is 4. The van der Waals surface area contributed by atoms with Crippen LogP contribution in [-0.4, -0.2) is 37.5 Å². The molecule has 3 rings (SSSR count). The number of carbonyl (C=O) groups excluding carboxylic acids is 1. The van der Waals surface area contributed by atoms with Gasteiger partial charge >= 0.3 is 13.1 Å². The van der Waals surface area contributed by atoms with E-state index in [-0.39, 0.29) is 6.61 Å². The van der Waals surface area contributed by atoms with Crippen LogP contribution in [0.25, 0.3) is 0 Å². The highest BCUT2D eigenvalue weighted by atomic mass is 16.7. The van der Waals surface area contributed by atoms with Gasteiger partial charge in [-0.1, -0.05) is 36.4 Å². The van der Waals surface area contributed by atoms with Crippen LogP contribution in [0.5, 0.6) is 0 Å². The van der Waals surface area contributed by atoms with Gasteiger partial charge in [0, 0.05) is 0 Å². The van der Waals surface area contributed by atoms with Crippen molar-refractivity contribution in [3.8, 4) is 0 Å². The molecule has 1 saturated heterocycles. The quantitative estimate of drug-likeness (QED) is 0.628. The number of hydrogen-bond acceptors (Lipinski definition) is 5. The van der Waals surface area contributed by atoms with Crippen LogP contribution in [0.4, 0.5) is 0 Å².